The Morgan fingerprint density at radius 1 is 1.60 bits per heavy atom. The molecule has 0 saturated carbocycles. The van der Waals surface area contributed by atoms with Gasteiger partial charge < -0.3 is 14.4 Å². The highest BCUT2D eigenvalue weighted by molar-refractivity contribution is 5.74. The molecule has 0 aliphatic heterocycles. The van der Waals surface area contributed by atoms with Crippen LogP contribution in [0.1, 0.15) is 32.4 Å². The molecule has 1 aromatic heterocycles. The number of carbonyl (C=O) groups is 1. The van der Waals surface area contributed by atoms with E-state index in [1.807, 2.05) is 18.7 Å². The molecule has 1 atom stereocenters. The normalized spacial score (nSPS) is 12.5. The first-order valence-corrected chi connectivity index (χ1v) is 5.03. The van der Waals surface area contributed by atoms with E-state index in [1.54, 1.807) is 6.92 Å². The lowest BCUT2D eigenvalue weighted by atomic mass is 10.1. The van der Waals surface area contributed by atoms with Crippen molar-refractivity contribution in [3.05, 3.63) is 12.0 Å². The third-order valence-electron chi connectivity index (χ3n) is 2.36. The van der Waals surface area contributed by atoms with E-state index in [0.717, 1.165) is 13.1 Å². The number of carboxylic acid groups (broad SMARTS) is 1. The van der Waals surface area contributed by atoms with Crippen molar-refractivity contribution in [3.63, 3.8) is 0 Å². The monoisotopic (exact) mass is 212 g/mol. The number of nitrogens with zero attached hydrogens (tertiary/aromatic N) is 2. The topological polar surface area (TPSA) is 66.6 Å². The lowest BCUT2D eigenvalue weighted by Gasteiger charge is -2.14. The molecule has 5 nitrogen and oxygen atoms in total. The lowest BCUT2D eigenvalue weighted by molar-refractivity contribution is -0.138. The van der Waals surface area contributed by atoms with Crippen LogP contribution in [-0.2, 0) is 4.79 Å². The van der Waals surface area contributed by atoms with Gasteiger partial charge in [0.25, 0.3) is 6.01 Å². The van der Waals surface area contributed by atoms with Crippen molar-refractivity contribution in [2.75, 3.05) is 18.0 Å². The number of anilines is 1. The Bertz CT molecular complexity index is 331. The summed E-state index contributed by atoms with van der Waals surface area (Å²) in [6.07, 6.45) is 1.41. The van der Waals surface area contributed by atoms with Crippen LogP contribution in [0.4, 0.5) is 6.01 Å². The predicted octanol–water partition coefficient (Wildman–Crippen LogP) is 1.71. The van der Waals surface area contributed by atoms with E-state index < -0.39 is 11.9 Å². The van der Waals surface area contributed by atoms with Gasteiger partial charge in [-0.15, -0.1) is 0 Å². The Hall–Kier alpha value is -1.52. The van der Waals surface area contributed by atoms with E-state index in [9.17, 15) is 4.79 Å². The molecule has 1 unspecified atom stereocenters. The number of hydrogen-bond acceptors (Lipinski definition) is 4. The molecule has 0 spiro atoms. The summed E-state index contributed by atoms with van der Waals surface area (Å²) >= 11 is 0. The summed E-state index contributed by atoms with van der Waals surface area (Å²) in [6, 6.07) is 0.489. The van der Waals surface area contributed by atoms with Gasteiger partial charge in [0.1, 0.15) is 6.26 Å². The van der Waals surface area contributed by atoms with E-state index >= 15 is 0 Å². The Morgan fingerprint density at radius 3 is 2.67 bits per heavy atom. The van der Waals surface area contributed by atoms with Crippen molar-refractivity contribution in [2.45, 2.75) is 26.7 Å². The molecule has 0 bridgehead atoms. The van der Waals surface area contributed by atoms with E-state index in [0.29, 0.717) is 11.7 Å². The smallest absolute Gasteiger partial charge is 0.312 e. The Kier molecular flexibility index (Phi) is 3.71. The SMILES string of the molecule is CCN(CC)c1nc(C(C)C(=O)O)co1. The average Bonchev–Trinajstić information content (AvgIpc) is 2.67. The summed E-state index contributed by atoms with van der Waals surface area (Å²) in [6.45, 7) is 7.16. The van der Waals surface area contributed by atoms with Crippen LogP contribution in [0.2, 0.25) is 0 Å². The molecule has 0 aliphatic carbocycles. The first kappa shape index (κ1) is 11.6. The minimum absolute atomic E-state index is 0.462. The third-order valence-corrected chi connectivity index (χ3v) is 2.36. The van der Waals surface area contributed by atoms with Crippen LogP contribution in [0.15, 0.2) is 10.7 Å². The summed E-state index contributed by atoms with van der Waals surface area (Å²) in [5.41, 5.74) is 0.462. The molecule has 15 heavy (non-hydrogen) atoms. The van der Waals surface area contributed by atoms with Crippen molar-refractivity contribution < 1.29 is 14.3 Å². The standard InChI is InChI=1S/C10H16N2O3/c1-4-12(5-2)10-11-8(6-15-10)7(3)9(13)14/h6-7H,4-5H2,1-3H3,(H,13,14). The van der Waals surface area contributed by atoms with Gasteiger partial charge in [-0.25, -0.2) is 0 Å². The number of carboxylic acids is 1. The van der Waals surface area contributed by atoms with Gasteiger partial charge in [-0.2, -0.15) is 4.98 Å². The maximum Gasteiger partial charge on any atom is 0.312 e. The van der Waals surface area contributed by atoms with Gasteiger partial charge in [-0.1, -0.05) is 0 Å². The highest BCUT2D eigenvalue weighted by Gasteiger charge is 2.19. The first-order chi connectivity index (χ1) is 7.10. The van der Waals surface area contributed by atoms with Crippen molar-refractivity contribution in [2.24, 2.45) is 0 Å². The molecule has 0 amide bonds. The summed E-state index contributed by atoms with van der Waals surface area (Å²) in [7, 11) is 0. The summed E-state index contributed by atoms with van der Waals surface area (Å²) in [4.78, 5) is 16.8. The number of aliphatic carboxylic acids is 1. The molecule has 1 rings (SSSR count). The third kappa shape index (κ3) is 2.49. The predicted molar refractivity (Wildman–Crippen MR) is 56.1 cm³/mol. The van der Waals surface area contributed by atoms with Crippen LogP contribution in [-0.4, -0.2) is 29.1 Å². The van der Waals surface area contributed by atoms with Gasteiger partial charge in [0, 0.05) is 13.1 Å². The van der Waals surface area contributed by atoms with Gasteiger partial charge >= 0.3 is 5.97 Å². The fourth-order valence-corrected chi connectivity index (χ4v) is 1.24. The zero-order valence-electron chi connectivity index (χ0n) is 9.23. The van der Waals surface area contributed by atoms with Crippen LogP contribution >= 0.6 is 0 Å². The number of oxazole rings is 1. The van der Waals surface area contributed by atoms with E-state index in [1.165, 1.54) is 6.26 Å². The van der Waals surface area contributed by atoms with Crippen LogP contribution in [0.3, 0.4) is 0 Å². The van der Waals surface area contributed by atoms with Crippen LogP contribution in [0.5, 0.6) is 0 Å². The van der Waals surface area contributed by atoms with Crippen LogP contribution in [0.25, 0.3) is 0 Å². The molecule has 0 saturated heterocycles. The second-order valence-corrected chi connectivity index (χ2v) is 3.29. The van der Waals surface area contributed by atoms with Crippen molar-refractivity contribution in [1.29, 1.82) is 0 Å². The molecule has 84 valence electrons. The number of rotatable bonds is 5. The van der Waals surface area contributed by atoms with Crippen molar-refractivity contribution in [1.82, 2.24) is 4.98 Å². The molecule has 0 aromatic carbocycles. The quantitative estimate of drug-likeness (QED) is 0.804. The van der Waals surface area contributed by atoms with Crippen LogP contribution in [0, 0.1) is 0 Å². The second-order valence-electron chi connectivity index (χ2n) is 3.29. The number of aromatic nitrogens is 1. The highest BCUT2D eigenvalue weighted by atomic mass is 16.4. The molecule has 0 radical (unpaired) electrons. The Balaban J connectivity index is 2.84. The average molecular weight is 212 g/mol. The van der Waals surface area contributed by atoms with E-state index in [4.69, 9.17) is 9.52 Å². The maximum absolute atomic E-state index is 10.7. The van der Waals surface area contributed by atoms with Crippen molar-refractivity contribution in [3.8, 4) is 0 Å². The Morgan fingerprint density at radius 2 is 2.20 bits per heavy atom. The van der Waals surface area contributed by atoms with E-state index in [-0.39, 0.29) is 0 Å². The second kappa shape index (κ2) is 4.82. The molecule has 1 heterocycles. The zero-order valence-corrected chi connectivity index (χ0v) is 9.23. The zero-order chi connectivity index (χ0) is 11.4. The van der Waals surface area contributed by atoms with Gasteiger partial charge in [-0.3, -0.25) is 4.79 Å². The maximum atomic E-state index is 10.7. The Labute approximate surface area is 88.7 Å². The molecule has 0 fully saturated rings. The van der Waals surface area contributed by atoms with Crippen molar-refractivity contribution >= 4 is 12.0 Å². The van der Waals surface area contributed by atoms with Crippen LogP contribution < -0.4 is 4.90 Å². The van der Waals surface area contributed by atoms with Gasteiger partial charge in [0.05, 0.1) is 11.6 Å². The minimum atomic E-state index is -0.894. The summed E-state index contributed by atoms with van der Waals surface area (Å²) in [5, 5.41) is 8.80. The molecule has 1 aromatic rings. The van der Waals surface area contributed by atoms with Gasteiger partial charge in [0.15, 0.2) is 0 Å². The van der Waals surface area contributed by atoms with E-state index in [2.05, 4.69) is 4.98 Å². The largest absolute Gasteiger partial charge is 0.481 e. The number of hydrogen-bond donors (Lipinski definition) is 1. The molecular formula is C10H16N2O3. The lowest BCUT2D eigenvalue weighted by Crippen LogP contribution is -2.22. The van der Waals surface area contributed by atoms with Gasteiger partial charge in [0.2, 0.25) is 0 Å². The van der Waals surface area contributed by atoms with Gasteiger partial charge in [-0.05, 0) is 20.8 Å². The fourth-order valence-electron chi connectivity index (χ4n) is 1.24. The highest BCUT2D eigenvalue weighted by Crippen LogP contribution is 2.19. The minimum Gasteiger partial charge on any atom is -0.481 e. The summed E-state index contributed by atoms with van der Waals surface area (Å²) < 4.78 is 5.23. The first-order valence-electron chi connectivity index (χ1n) is 5.03. The molecule has 5 heteroatoms. The molecular weight excluding hydrogens is 196 g/mol. The fraction of sp³-hybridized carbons (Fsp3) is 0.600. The molecule has 1 N–H and O–H groups in total. The molecule has 0 aliphatic rings. The summed E-state index contributed by atoms with van der Waals surface area (Å²) in [5.74, 6) is -1.52.